The highest BCUT2D eigenvalue weighted by Gasteiger charge is 2.53. The Morgan fingerprint density at radius 1 is 1.05 bits per heavy atom. The lowest BCUT2D eigenvalue weighted by Gasteiger charge is -2.19. The van der Waals surface area contributed by atoms with E-state index in [1.54, 1.807) is 48.1 Å². The molecule has 226 valence electrons. The summed E-state index contributed by atoms with van der Waals surface area (Å²) < 4.78 is 53.4. The second-order valence-electron chi connectivity index (χ2n) is 11.0. The second kappa shape index (κ2) is 11.0. The van der Waals surface area contributed by atoms with Crippen molar-refractivity contribution in [1.29, 1.82) is 0 Å². The molecule has 44 heavy (non-hydrogen) atoms. The Kier molecular flexibility index (Phi) is 7.28. The summed E-state index contributed by atoms with van der Waals surface area (Å²) in [6.45, 7) is 0. The third kappa shape index (κ3) is 5.70. The molecule has 0 saturated heterocycles. The number of nitrogens with zero attached hydrogens (tertiary/aromatic N) is 5. The van der Waals surface area contributed by atoms with Crippen molar-refractivity contribution in [1.82, 2.24) is 19.5 Å². The van der Waals surface area contributed by atoms with Crippen molar-refractivity contribution in [3.63, 3.8) is 0 Å². The zero-order valence-corrected chi connectivity index (χ0v) is 25.0. The van der Waals surface area contributed by atoms with Gasteiger partial charge in [-0.25, -0.2) is 27.2 Å². The van der Waals surface area contributed by atoms with Gasteiger partial charge < -0.3 is 14.8 Å². The van der Waals surface area contributed by atoms with Gasteiger partial charge in [-0.05, 0) is 66.9 Å². The van der Waals surface area contributed by atoms with Crippen molar-refractivity contribution in [2.45, 2.75) is 24.0 Å². The fraction of sp³-hybridized carbons (Fsp3) is 0.226. The monoisotopic (exact) mass is 617 g/mol. The van der Waals surface area contributed by atoms with Crippen LogP contribution in [0, 0.1) is 11.6 Å². The predicted octanol–water partition coefficient (Wildman–Crippen LogP) is 5.37. The van der Waals surface area contributed by atoms with Crippen LogP contribution in [0.3, 0.4) is 0 Å². The van der Waals surface area contributed by atoms with Crippen LogP contribution < -0.4 is 15.5 Å². The molecule has 1 saturated carbocycles. The van der Waals surface area contributed by atoms with Crippen molar-refractivity contribution >= 4 is 55.9 Å². The lowest BCUT2D eigenvalue weighted by molar-refractivity contribution is -0.118. The number of sulfone groups is 1. The molecule has 1 amide bonds. The number of hydrogen-bond acceptors (Lipinski definition) is 8. The van der Waals surface area contributed by atoms with Crippen LogP contribution in [0.1, 0.15) is 24.0 Å². The summed E-state index contributed by atoms with van der Waals surface area (Å²) in [5.74, 6) is -0.508. The first-order valence-electron chi connectivity index (χ1n) is 13.8. The molecule has 0 atom stereocenters. The highest BCUT2D eigenvalue weighted by atomic mass is 32.2. The van der Waals surface area contributed by atoms with E-state index in [2.05, 4.69) is 20.6 Å². The molecule has 2 heterocycles. The normalized spacial score (nSPS) is 13.9. The Balaban J connectivity index is 1.24. The maximum Gasteiger partial charge on any atom is 0.237 e. The van der Waals surface area contributed by atoms with Crippen LogP contribution in [0.5, 0.6) is 0 Å². The van der Waals surface area contributed by atoms with E-state index in [0.29, 0.717) is 47.1 Å². The maximum absolute atomic E-state index is 14.6. The number of para-hydroxylation sites is 1. The van der Waals surface area contributed by atoms with Gasteiger partial charge in [-0.2, -0.15) is 4.98 Å². The quantitative estimate of drug-likeness (QED) is 0.227. The first kappa shape index (κ1) is 29.2. The molecule has 1 fully saturated rings. The number of imidazole rings is 1. The number of anilines is 5. The Labute approximate surface area is 252 Å². The van der Waals surface area contributed by atoms with E-state index in [0.717, 1.165) is 23.7 Å². The molecular formula is C31H29F2N7O3S. The van der Waals surface area contributed by atoms with Crippen molar-refractivity contribution in [2.24, 2.45) is 7.05 Å². The summed E-state index contributed by atoms with van der Waals surface area (Å²) >= 11 is 0. The molecule has 13 heteroatoms. The average molecular weight is 618 g/mol. The van der Waals surface area contributed by atoms with Gasteiger partial charge in [-0.3, -0.25) is 10.1 Å². The Hall–Kier alpha value is -4.91. The first-order chi connectivity index (χ1) is 20.9. The topological polar surface area (TPSA) is 122 Å². The highest BCUT2D eigenvalue weighted by molar-refractivity contribution is 7.89. The van der Waals surface area contributed by atoms with Crippen LogP contribution in [0.15, 0.2) is 72.9 Å². The van der Waals surface area contributed by atoms with Crippen LogP contribution >= 0.6 is 0 Å². The number of carbonyl (C=O) groups excluding carboxylic acids is 1. The number of fused-ring (bicyclic) bond motifs is 1. The van der Waals surface area contributed by atoms with Crippen LogP contribution in [0.25, 0.3) is 11.0 Å². The van der Waals surface area contributed by atoms with Gasteiger partial charge in [-0.15, -0.1) is 0 Å². The van der Waals surface area contributed by atoms with Crippen LogP contribution in [0.2, 0.25) is 0 Å². The summed E-state index contributed by atoms with van der Waals surface area (Å²) in [5, 5.41) is 5.98. The van der Waals surface area contributed by atoms with Gasteiger partial charge >= 0.3 is 0 Å². The molecule has 0 radical (unpaired) electrons. The number of rotatable bonds is 9. The molecule has 2 N–H and O–H groups in total. The largest absolute Gasteiger partial charge is 0.327 e. The summed E-state index contributed by atoms with van der Waals surface area (Å²) in [6, 6.07) is 17.5. The lowest BCUT2D eigenvalue weighted by atomic mass is 9.94. The number of halogens is 2. The molecule has 0 aliphatic heterocycles. The molecule has 0 spiro atoms. The fourth-order valence-electron chi connectivity index (χ4n) is 5.25. The van der Waals surface area contributed by atoms with Gasteiger partial charge in [0, 0.05) is 37.8 Å². The second-order valence-corrected chi connectivity index (χ2v) is 13.1. The molecule has 5 aromatic rings. The standard InChI is InChI=1S/C31H29F2N7O3S/c1-39(26-13-16-34-29(36-26)35-21-10-7-19(8-11-21)18-44(3,42)43)24-5-4-6-25-27(24)37-30(40(25)2)38-28(41)31(14-15-31)22-17-20(32)9-12-23(22)33/h4-13,16-17H,14-15,18H2,1-3H3,(H,34,35,36)(H,37,38,41). The molecule has 1 aliphatic carbocycles. The summed E-state index contributed by atoms with van der Waals surface area (Å²) in [6.07, 6.45) is 3.63. The van der Waals surface area contributed by atoms with Gasteiger partial charge in [0.1, 0.15) is 23.0 Å². The van der Waals surface area contributed by atoms with Gasteiger partial charge in [0.15, 0.2) is 9.84 Å². The molecule has 10 nitrogen and oxygen atoms in total. The molecule has 0 bridgehead atoms. The molecule has 1 aliphatic rings. The van der Waals surface area contributed by atoms with Gasteiger partial charge in [0.25, 0.3) is 0 Å². The van der Waals surface area contributed by atoms with Gasteiger partial charge in [0.05, 0.1) is 22.4 Å². The molecule has 3 aromatic carbocycles. The van der Waals surface area contributed by atoms with E-state index in [9.17, 15) is 22.0 Å². The first-order valence-corrected chi connectivity index (χ1v) is 15.8. The Bertz CT molecular complexity index is 2010. The zero-order chi connectivity index (χ0) is 31.2. The van der Waals surface area contributed by atoms with Crippen molar-refractivity contribution in [3.05, 3.63) is 95.7 Å². The summed E-state index contributed by atoms with van der Waals surface area (Å²) in [7, 11) is 0.466. The van der Waals surface area contributed by atoms with Gasteiger partial charge in [0.2, 0.25) is 17.8 Å². The number of hydrogen-bond donors (Lipinski definition) is 2. The minimum Gasteiger partial charge on any atom is -0.327 e. The Morgan fingerprint density at radius 2 is 1.80 bits per heavy atom. The van der Waals surface area contributed by atoms with Crippen molar-refractivity contribution in [3.8, 4) is 0 Å². The predicted molar refractivity (Wildman–Crippen MR) is 165 cm³/mol. The summed E-state index contributed by atoms with van der Waals surface area (Å²) in [4.78, 5) is 28.9. The van der Waals surface area contributed by atoms with E-state index >= 15 is 0 Å². The van der Waals surface area contributed by atoms with E-state index in [1.807, 2.05) is 30.1 Å². The van der Waals surface area contributed by atoms with E-state index in [4.69, 9.17) is 4.98 Å². The van der Waals surface area contributed by atoms with Crippen LogP contribution in [-0.2, 0) is 32.8 Å². The molecule has 2 aromatic heterocycles. The maximum atomic E-state index is 14.6. The number of benzene rings is 3. The third-order valence-corrected chi connectivity index (χ3v) is 8.59. The SMILES string of the molecule is CN(c1ccnc(Nc2ccc(CS(C)(=O)=O)cc2)n1)c1cccc2c1nc(NC(=O)C1(c3cc(F)ccc3F)CC1)n2C. The van der Waals surface area contributed by atoms with Gasteiger partial charge in [-0.1, -0.05) is 18.2 Å². The minimum atomic E-state index is -3.14. The molecular weight excluding hydrogens is 588 g/mol. The minimum absolute atomic E-state index is 0.0407. The van der Waals surface area contributed by atoms with Crippen molar-refractivity contribution in [2.75, 3.05) is 28.8 Å². The smallest absolute Gasteiger partial charge is 0.237 e. The van der Waals surface area contributed by atoms with Crippen LogP contribution in [0.4, 0.5) is 37.9 Å². The molecule has 0 unspecified atom stereocenters. The number of amides is 1. The number of aromatic nitrogens is 4. The number of aryl methyl sites for hydroxylation is 1. The van der Waals surface area contributed by atoms with Crippen molar-refractivity contribution < 1.29 is 22.0 Å². The highest BCUT2D eigenvalue weighted by Crippen LogP contribution is 2.50. The van der Waals surface area contributed by atoms with E-state index in [-0.39, 0.29) is 17.3 Å². The van der Waals surface area contributed by atoms with Crippen LogP contribution in [-0.4, -0.2) is 47.1 Å². The van der Waals surface area contributed by atoms with E-state index < -0.39 is 32.8 Å². The number of nitrogens with one attached hydrogen (secondary N) is 2. The molecule has 6 rings (SSSR count). The summed E-state index contributed by atoms with van der Waals surface area (Å²) in [5.41, 5.74) is 2.35. The fourth-order valence-corrected chi connectivity index (χ4v) is 6.04. The average Bonchev–Trinajstić information content (AvgIpc) is 3.74. The Morgan fingerprint density at radius 3 is 2.50 bits per heavy atom. The number of carbonyl (C=O) groups is 1. The zero-order valence-electron chi connectivity index (χ0n) is 24.2. The van der Waals surface area contributed by atoms with E-state index in [1.165, 1.54) is 6.26 Å². The third-order valence-electron chi connectivity index (χ3n) is 7.73. The lowest BCUT2D eigenvalue weighted by Crippen LogP contribution is -2.30.